The van der Waals surface area contributed by atoms with Crippen LogP contribution >= 0.6 is 0 Å². The van der Waals surface area contributed by atoms with E-state index < -0.39 is 5.60 Å². The van der Waals surface area contributed by atoms with Crippen LogP contribution in [-0.4, -0.2) is 23.5 Å². The van der Waals surface area contributed by atoms with E-state index in [4.69, 9.17) is 5.41 Å². The largest absolute Gasteiger partial charge is 0.389 e. The average Bonchev–Trinajstić information content (AvgIpc) is 1.85. The van der Waals surface area contributed by atoms with Crippen molar-refractivity contribution in [2.45, 2.75) is 26.4 Å². The van der Waals surface area contributed by atoms with Gasteiger partial charge in [0, 0.05) is 19.0 Å². The van der Waals surface area contributed by atoms with E-state index in [0.29, 0.717) is 6.54 Å². The summed E-state index contributed by atoms with van der Waals surface area (Å²) in [5, 5.41) is 19.0. The summed E-state index contributed by atoms with van der Waals surface area (Å²) < 4.78 is 0. The Morgan fingerprint density at radius 3 is 2.55 bits per heavy atom. The molecule has 11 heavy (non-hydrogen) atoms. The van der Waals surface area contributed by atoms with Gasteiger partial charge in [-0.2, -0.15) is 0 Å². The molecule has 0 rings (SSSR count). The van der Waals surface area contributed by atoms with Gasteiger partial charge in [-0.25, -0.2) is 0 Å². The fourth-order valence-electron chi connectivity index (χ4n) is 0.503. The Kier molecular flexibility index (Phi) is 3.82. The molecular weight excluding hydrogens is 140 g/mol. The van der Waals surface area contributed by atoms with E-state index in [1.807, 2.05) is 6.92 Å². The van der Waals surface area contributed by atoms with Crippen molar-refractivity contribution in [2.75, 3.05) is 6.54 Å². The summed E-state index contributed by atoms with van der Waals surface area (Å²) in [5.74, 6) is 0. The molecule has 0 spiro atoms. The SMILES string of the molecule is C/C(C=N)=C/NCC(C)(C)O. The van der Waals surface area contributed by atoms with Crippen molar-refractivity contribution in [1.29, 1.82) is 5.41 Å². The fraction of sp³-hybridized carbons (Fsp3) is 0.625. The van der Waals surface area contributed by atoms with E-state index in [9.17, 15) is 5.11 Å². The first-order valence-electron chi connectivity index (χ1n) is 3.59. The number of hydrogen-bond acceptors (Lipinski definition) is 3. The first-order valence-corrected chi connectivity index (χ1v) is 3.59. The standard InChI is InChI=1S/C8H16N2O/c1-7(4-9)5-10-6-8(2,3)11/h4-5,9-11H,6H2,1-3H3/b7-5-,9-4?. The lowest BCUT2D eigenvalue weighted by molar-refractivity contribution is 0.0835. The second-order valence-corrected chi connectivity index (χ2v) is 3.23. The molecule has 0 aromatic rings. The topological polar surface area (TPSA) is 56.1 Å². The van der Waals surface area contributed by atoms with E-state index in [2.05, 4.69) is 5.32 Å². The van der Waals surface area contributed by atoms with Gasteiger partial charge >= 0.3 is 0 Å². The van der Waals surface area contributed by atoms with Gasteiger partial charge in [-0.05, 0) is 26.3 Å². The van der Waals surface area contributed by atoms with Gasteiger partial charge in [-0.1, -0.05) is 0 Å². The Labute approximate surface area is 67.6 Å². The van der Waals surface area contributed by atoms with Crippen LogP contribution < -0.4 is 5.32 Å². The van der Waals surface area contributed by atoms with Gasteiger partial charge in [0.2, 0.25) is 0 Å². The van der Waals surface area contributed by atoms with Crippen molar-refractivity contribution in [1.82, 2.24) is 5.32 Å². The Hall–Kier alpha value is -0.830. The van der Waals surface area contributed by atoms with Gasteiger partial charge in [0.1, 0.15) is 0 Å². The van der Waals surface area contributed by atoms with E-state index in [1.165, 1.54) is 6.21 Å². The zero-order valence-electron chi connectivity index (χ0n) is 7.31. The molecule has 0 fully saturated rings. The molecule has 3 N–H and O–H groups in total. The maximum absolute atomic E-state index is 9.25. The third-order valence-corrected chi connectivity index (χ3v) is 1.09. The molecule has 0 saturated heterocycles. The molecule has 0 aliphatic rings. The smallest absolute Gasteiger partial charge is 0.0763 e. The van der Waals surface area contributed by atoms with Crippen LogP contribution in [0.25, 0.3) is 0 Å². The summed E-state index contributed by atoms with van der Waals surface area (Å²) in [6.45, 7) is 5.78. The summed E-state index contributed by atoms with van der Waals surface area (Å²) in [6, 6.07) is 0. The van der Waals surface area contributed by atoms with E-state index in [1.54, 1.807) is 20.0 Å². The van der Waals surface area contributed by atoms with Crippen LogP contribution in [-0.2, 0) is 0 Å². The summed E-state index contributed by atoms with van der Waals surface area (Å²) in [6.07, 6.45) is 2.97. The van der Waals surface area contributed by atoms with Crippen LogP contribution in [0, 0.1) is 5.41 Å². The molecule has 0 aliphatic heterocycles. The molecule has 64 valence electrons. The molecule has 0 aromatic heterocycles. The number of allylic oxidation sites excluding steroid dienone is 1. The van der Waals surface area contributed by atoms with Crippen LogP contribution in [0.15, 0.2) is 11.8 Å². The van der Waals surface area contributed by atoms with Crippen molar-refractivity contribution in [2.24, 2.45) is 0 Å². The number of hydrogen-bond donors (Lipinski definition) is 3. The van der Waals surface area contributed by atoms with Crippen molar-refractivity contribution in [3.8, 4) is 0 Å². The fourth-order valence-corrected chi connectivity index (χ4v) is 0.503. The predicted molar refractivity (Wildman–Crippen MR) is 46.8 cm³/mol. The molecule has 3 heteroatoms. The first-order chi connectivity index (χ1) is 4.95. The zero-order chi connectivity index (χ0) is 8.91. The van der Waals surface area contributed by atoms with Crippen LogP contribution in [0.1, 0.15) is 20.8 Å². The van der Waals surface area contributed by atoms with Gasteiger partial charge < -0.3 is 15.8 Å². The van der Waals surface area contributed by atoms with Gasteiger partial charge in [0.15, 0.2) is 0 Å². The summed E-state index contributed by atoms with van der Waals surface area (Å²) in [4.78, 5) is 0. The minimum Gasteiger partial charge on any atom is -0.389 e. The average molecular weight is 156 g/mol. The third-order valence-electron chi connectivity index (χ3n) is 1.09. The molecule has 0 saturated carbocycles. The van der Waals surface area contributed by atoms with Crippen molar-refractivity contribution in [3.05, 3.63) is 11.8 Å². The quantitative estimate of drug-likeness (QED) is 0.530. The molecule has 0 heterocycles. The molecule has 0 aliphatic carbocycles. The Bertz CT molecular complexity index is 156. The molecule has 0 bridgehead atoms. The number of nitrogens with one attached hydrogen (secondary N) is 2. The van der Waals surface area contributed by atoms with Crippen LogP contribution in [0.5, 0.6) is 0 Å². The predicted octanol–water partition coefficient (Wildman–Crippen LogP) is 0.900. The summed E-state index contributed by atoms with van der Waals surface area (Å²) in [7, 11) is 0. The van der Waals surface area contributed by atoms with Crippen molar-refractivity contribution < 1.29 is 5.11 Å². The highest BCUT2D eigenvalue weighted by atomic mass is 16.3. The second-order valence-electron chi connectivity index (χ2n) is 3.23. The molecule has 3 nitrogen and oxygen atoms in total. The Balaban J connectivity index is 3.65. The zero-order valence-corrected chi connectivity index (χ0v) is 7.31. The van der Waals surface area contributed by atoms with E-state index in [0.717, 1.165) is 5.57 Å². The molecular formula is C8H16N2O. The van der Waals surface area contributed by atoms with E-state index in [-0.39, 0.29) is 0 Å². The highest BCUT2D eigenvalue weighted by Crippen LogP contribution is 1.97. The molecule has 0 radical (unpaired) electrons. The number of rotatable bonds is 4. The molecule has 0 unspecified atom stereocenters. The van der Waals surface area contributed by atoms with Gasteiger partial charge in [-0.15, -0.1) is 0 Å². The molecule has 0 atom stereocenters. The summed E-state index contributed by atoms with van der Waals surface area (Å²) >= 11 is 0. The lowest BCUT2D eigenvalue weighted by atomic mass is 10.1. The maximum Gasteiger partial charge on any atom is 0.0763 e. The van der Waals surface area contributed by atoms with Crippen LogP contribution in [0.3, 0.4) is 0 Å². The third kappa shape index (κ3) is 7.06. The van der Waals surface area contributed by atoms with Gasteiger partial charge in [-0.3, -0.25) is 0 Å². The minimum absolute atomic E-state index is 0.498. The Morgan fingerprint density at radius 1 is 1.64 bits per heavy atom. The monoisotopic (exact) mass is 156 g/mol. The van der Waals surface area contributed by atoms with Gasteiger partial charge in [0.25, 0.3) is 0 Å². The highest BCUT2D eigenvalue weighted by molar-refractivity contribution is 5.74. The highest BCUT2D eigenvalue weighted by Gasteiger charge is 2.09. The van der Waals surface area contributed by atoms with Gasteiger partial charge in [0.05, 0.1) is 5.60 Å². The lowest BCUT2D eigenvalue weighted by Gasteiger charge is -2.16. The second kappa shape index (κ2) is 4.13. The first kappa shape index (κ1) is 10.2. The lowest BCUT2D eigenvalue weighted by Crippen LogP contribution is -2.32. The number of aliphatic hydroxyl groups is 1. The Morgan fingerprint density at radius 2 is 2.18 bits per heavy atom. The molecule has 0 aromatic carbocycles. The molecule has 0 amide bonds. The van der Waals surface area contributed by atoms with Crippen LogP contribution in [0.2, 0.25) is 0 Å². The minimum atomic E-state index is -0.696. The van der Waals surface area contributed by atoms with Crippen molar-refractivity contribution in [3.63, 3.8) is 0 Å². The maximum atomic E-state index is 9.25. The van der Waals surface area contributed by atoms with E-state index >= 15 is 0 Å². The summed E-state index contributed by atoms with van der Waals surface area (Å²) in [5.41, 5.74) is 0.146. The van der Waals surface area contributed by atoms with Crippen LogP contribution in [0.4, 0.5) is 0 Å². The normalized spacial score (nSPS) is 12.9. The van der Waals surface area contributed by atoms with Crippen molar-refractivity contribution >= 4 is 6.21 Å².